The Balaban J connectivity index is 1.41. The number of rotatable bonds is 9. The van der Waals surface area contributed by atoms with Gasteiger partial charge in [0.15, 0.2) is 0 Å². The molecule has 0 aliphatic heterocycles. The molecule has 0 aliphatic carbocycles. The zero-order valence-electron chi connectivity index (χ0n) is 20.5. The van der Waals surface area contributed by atoms with Gasteiger partial charge in [0.25, 0.3) is 11.8 Å². The minimum atomic E-state index is -0.487. The van der Waals surface area contributed by atoms with E-state index in [1.165, 1.54) is 23.1 Å². The van der Waals surface area contributed by atoms with Crippen molar-refractivity contribution < 1.29 is 14.4 Å². The quantitative estimate of drug-likeness (QED) is 0.205. The van der Waals surface area contributed by atoms with Crippen molar-refractivity contribution in [2.45, 2.75) is 24.0 Å². The van der Waals surface area contributed by atoms with Crippen LogP contribution in [0.1, 0.15) is 27.9 Å². The number of nitrogens with one attached hydrogen (secondary N) is 3. The average molecular weight is 545 g/mol. The van der Waals surface area contributed by atoms with Crippen LogP contribution in [0.25, 0.3) is 6.08 Å². The van der Waals surface area contributed by atoms with Crippen LogP contribution >= 0.6 is 23.1 Å². The summed E-state index contributed by atoms with van der Waals surface area (Å²) in [6.45, 7) is 3.62. The number of hydrogen-bond donors (Lipinski definition) is 3. The lowest BCUT2D eigenvalue weighted by molar-refractivity contribution is -0.115. The molecule has 0 spiro atoms. The Hall–Kier alpha value is -4.35. The highest BCUT2D eigenvalue weighted by Crippen LogP contribution is 2.26. The Morgan fingerprint density at radius 1 is 0.947 bits per heavy atom. The zero-order valence-corrected chi connectivity index (χ0v) is 22.2. The lowest BCUT2D eigenvalue weighted by Gasteiger charge is -2.13. The number of aryl methyl sites for hydroxylation is 1. The molecular weight excluding hydrogens is 520 g/mol. The molecule has 4 rings (SSSR count). The standard InChI is InChI=1S/C27H24N6O3S2/c1-17(24(34)31-27-33-32-18(2)38-27)37-22-12-10-21(11-13-22)29-26(36)23(15-19-7-6-14-28-16-19)30-25(35)20-8-4-3-5-9-20/h3-17H,1-2H3,(H,29,36)(H,30,35)(H,31,33,34)/b23-15-. The van der Waals surface area contributed by atoms with E-state index >= 15 is 0 Å². The summed E-state index contributed by atoms with van der Waals surface area (Å²) in [5.41, 5.74) is 1.70. The number of carbonyl (C=O) groups excluding carboxylic acids is 3. The smallest absolute Gasteiger partial charge is 0.272 e. The van der Waals surface area contributed by atoms with Crippen molar-refractivity contribution in [1.82, 2.24) is 20.5 Å². The third-order valence-corrected chi connectivity index (χ3v) is 6.94. The third kappa shape index (κ3) is 7.58. The molecule has 9 nitrogen and oxygen atoms in total. The van der Waals surface area contributed by atoms with Gasteiger partial charge in [-0.2, -0.15) is 0 Å². The lowest BCUT2D eigenvalue weighted by Crippen LogP contribution is -2.30. The topological polar surface area (TPSA) is 126 Å². The van der Waals surface area contributed by atoms with E-state index in [0.717, 1.165) is 9.90 Å². The maximum absolute atomic E-state index is 13.1. The van der Waals surface area contributed by atoms with Crippen molar-refractivity contribution in [3.63, 3.8) is 0 Å². The van der Waals surface area contributed by atoms with Gasteiger partial charge in [-0.15, -0.1) is 22.0 Å². The first-order chi connectivity index (χ1) is 18.4. The molecule has 0 fully saturated rings. The highest BCUT2D eigenvalue weighted by Gasteiger charge is 2.18. The van der Waals surface area contributed by atoms with E-state index in [9.17, 15) is 14.4 Å². The van der Waals surface area contributed by atoms with E-state index in [2.05, 4.69) is 31.1 Å². The van der Waals surface area contributed by atoms with Gasteiger partial charge in [0.2, 0.25) is 11.0 Å². The van der Waals surface area contributed by atoms with Crippen molar-refractivity contribution in [2.24, 2.45) is 0 Å². The van der Waals surface area contributed by atoms with Crippen LogP contribution in [0.2, 0.25) is 0 Å². The van der Waals surface area contributed by atoms with Gasteiger partial charge in [-0.05, 0) is 68.0 Å². The highest BCUT2D eigenvalue weighted by atomic mass is 32.2. The Morgan fingerprint density at radius 2 is 1.71 bits per heavy atom. The van der Waals surface area contributed by atoms with Gasteiger partial charge < -0.3 is 10.6 Å². The van der Waals surface area contributed by atoms with Crippen molar-refractivity contribution in [1.29, 1.82) is 0 Å². The van der Waals surface area contributed by atoms with E-state index < -0.39 is 11.8 Å². The van der Waals surface area contributed by atoms with Crippen molar-refractivity contribution in [3.05, 3.63) is 101 Å². The molecule has 192 valence electrons. The molecule has 11 heteroatoms. The number of hydrogen-bond acceptors (Lipinski definition) is 8. The van der Waals surface area contributed by atoms with Gasteiger partial charge in [0.1, 0.15) is 10.7 Å². The maximum atomic E-state index is 13.1. The van der Waals surface area contributed by atoms with Crippen LogP contribution in [0.5, 0.6) is 0 Å². The summed E-state index contributed by atoms with van der Waals surface area (Å²) in [6, 6.07) is 19.3. The first kappa shape index (κ1) is 26.7. The molecule has 2 aromatic carbocycles. The summed E-state index contributed by atoms with van der Waals surface area (Å²) in [6.07, 6.45) is 4.78. The molecule has 0 saturated carbocycles. The summed E-state index contributed by atoms with van der Waals surface area (Å²) in [7, 11) is 0. The molecule has 1 atom stereocenters. The predicted octanol–water partition coefficient (Wildman–Crippen LogP) is 4.77. The summed E-state index contributed by atoms with van der Waals surface area (Å²) in [4.78, 5) is 43.2. The zero-order chi connectivity index (χ0) is 26.9. The predicted molar refractivity (Wildman–Crippen MR) is 150 cm³/mol. The molecule has 0 saturated heterocycles. The van der Waals surface area contributed by atoms with Crippen molar-refractivity contribution in [3.8, 4) is 0 Å². The van der Waals surface area contributed by atoms with Gasteiger partial charge in [-0.1, -0.05) is 35.6 Å². The van der Waals surface area contributed by atoms with Crippen LogP contribution in [0.4, 0.5) is 10.8 Å². The van der Waals surface area contributed by atoms with E-state index in [4.69, 9.17) is 0 Å². The summed E-state index contributed by atoms with van der Waals surface area (Å²) in [5.74, 6) is -1.07. The van der Waals surface area contributed by atoms with Crippen LogP contribution in [0.3, 0.4) is 0 Å². The van der Waals surface area contributed by atoms with E-state index in [1.54, 1.807) is 73.9 Å². The summed E-state index contributed by atoms with van der Waals surface area (Å²) < 4.78 is 0. The van der Waals surface area contributed by atoms with Gasteiger partial charge >= 0.3 is 0 Å². The minimum Gasteiger partial charge on any atom is -0.321 e. The van der Waals surface area contributed by atoms with Crippen LogP contribution < -0.4 is 16.0 Å². The fourth-order valence-corrected chi connectivity index (χ4v) is 4.66. The number of pyridine rings is 1. The number of carbonyl (C=O) groups is 3. The Labute approximate surface area is 227 Å². The number of amides is 3. The van der Waals surface area contributed by atoms with Crippen LogP contribution in [0, 0.1) is 6.92 Å². The molecule has 3 amide bonds. The van der Waals surface area contributed by atoms with E-state index in [0.29, 0.717) is 21.9 Å². The highest BCUT2D eigenvalue weighted by molar-refractivity contribution is 8.00. The molecule has 0 radical (unpaired) electrons. The second kappa shape index (κ2) is 12.7. The number of anilines is 2. The summed E-state index contributed by atoms with van der Waals surface area (Å²) >= 11 is 2.69. The molecule has 2 aromatic heterocycles. The Morgan fingerprint density at radius 3 is 2.37 bits per heavy atom. The second-order valence-electron chi connectivity index (χ2n) is 8.02. The minimum absolute atomic E-state index is 0.0718. The first-order valence-corrected chi connectivity index (χ1v) is 13.2. The fourth-order valence-electron chi connectivity index (χ4n) is 3.20. The number of nitrogens with zero attached hydrogens (tertiary/aromatic N) is 3. The van der Waals surface area contributed by atoms with Gasteiger partial charge in [0.05, 0.1) is 5.25 Å². The van der Waals surface area contributed by atoms with E-state index in [-0.39, 0.29) is 16.9 Å². The maximum Gasteiger partial charge on any atom is 0.272 e. The number of aromatic nitrogens is 3. The number of benzene rings is 2. The van der Waals surface area contributed by atoms with Crippen LogP contribution in [-0.4, -0.2) is 38.2 Å². The summed E-state index contributed by atoms with van der Waals surface area (Å²) in [5, 5.41) is 16.9. The van der Waals surface area contributed by atoms with Gasteiger partial charge in [0, 0.05) is 28.5 Å². The Bertz CT molecular complexity index is 1440. The molecular formula is C27H24N6O3S2. The molecule has 0 aliphatic rings. The first-order valence-electron chi connectivity index (χ1n) is 11.5. The number of thioether (sulfide) groups is 1. The largest absolute Gasteiger partial charge is 0.321 e. The lowest BCUT2D eigenvalue weighted by atomic mass is 10.2. The average Bonchev–Trinajstić information content (AvgIpc) is 3.34. The fraction of sp³-hybridized carbons (Fsp3) is 0.111. The molecule has 0 bridgehead atoms. The normalized spacial score (nSPS) is 11.9. The molecule has 1 unspecified atom stereocenters. The van der Waals surface area contributed by atoms with Crippen molar-refractivity contribution >= 4 is 57.7 Å². The van der Waals surface area contributed by atoms with Crippen LogP contribution in [-0.2, 0) is 9.59 Å². The van der Waals surface area contributed by atoms with Crippen molar-refractivity contribution in [2.75, 3.05) is 10.6 Å². The molecule has 38 heavy (non-hydrogen) atoms. The SMILES string of the molecule is Cc1nnc(NC(=O)C(C)Sc2ccc(NC(=O)/C(=C/c3cccnc3)NC(=O)c3ccccc3)cc2)s1. The molecule has 3 N–H and O–H groups in total. The van der Waals surface area contributed by atoms with Gasteiger partial charge in [-0.3, -0.25) is 24.7 Å². The molecule has 4 aromatic rings. The third-order valence-electron chi connectivity index (χ3n) is 5.07. The second-order valence-corrected chi connectivity index (χ2v) is 10.6. The van der Waals surface area contributed by atoms with Crippen LogP contribution in [0.15, 0.2) is 89.7 Å². The van der Waals surface area contributed by atoms with Gasteiger partial charge in [-0.25, -0.2) is 0 Å². The monoisotopic (exact) mass is 544 g/mol. The Kier molecular flexibility index (Phi) is 8.96. The van der Waals surface area contributed by atoms with E-state index in [1.807, 2.05) is 25.1 Å². The molecule has 2 heterocycles.